The average molecular weight is 586 g/mol. The number of carbonyl (C=O) groups excluding carboxylic acids is 2. The first kappa shape index (κ1) is 29.5. The summed E-state index contributed by atoms with van der Waals surface area (Å²) in [5, 5.41) is 4.07. The van der Waals surface area contributed by atoms with Crippen LogP contribution >= 0.6 is 11.6 Å². The topological polar surface area (TPSA) is 73.9 Å². The van der Waals surface area contributed by atoms with Crippen molar-refractivity contribution in [2.45, 2.75) is 52.1 Å². The van der Waals surface area contributed by atoms with Crippen LogP contribution in [-0.2, 0) is 20.9 Å². The highest BCUT2D eigenvalue weighted by Crippen LogP contribution is 2.47. The molecular formula is C35H36ClNO5. The zero-order valence-electron chi connectivity index (χ0n) is 24.4. The van der Waals surface area contributed by atoms with Crippen LogP contribution in [0.15, 0.2) is 95.3 Å². The van der Waals surface area contributed by atoms with Gasteiger partial charge in [0.15, 0.2) is 17.3 Å². The van der Waals surface area contributed by atoms with Crippen LogP contribution in [0.5, 0.6) is 11.5 Å². The number of dihydropyridines is 1. The molecule has 5 rings (SSSR count). The largest absolute Gasteiger partial charge is 0.493 e. The second-order valence-corrected chi connectivity index (χ2v) is 11.7. The molecule has 218 valence electrons. The van der Waals surface area contributed by atoms with Gasteiger partial charge in [0.25, 0.3) is 0 Å². The van der Waals surface area contributed by atoms with E-state index in [4.69, 9.17) is 25.8 Å². The number of carbonyl (C=O) groups is 2. The normalized spacial score (nSPS) is 18.5. The second kappa shape index (κ2) is 12.9. The highest BCUT2D eigenvalue weighted by atomic mass is 35.5. The molecule has 2 atom stereocenters. The summed E-state index contributed by atoms with van der Waals surface area (Å²) in [5.41, 5.74) is 5.41. The molecule has 6 nitrogen and oxygen atoms in total. The molecule has 0 saturated carbocycles. The van der Waals surface area contributed by atoms with Gasteiger partial charge < -0.3 is 19.5 Å². The van der Waals surface area contributed by atoms with E-state index < -0.39 is 11.9 Å². The lowest BCUT2D eigenvalue weighted by atomic mass is 9.71. The van der Waals surface area contributed by atoms with Crippen LogP contribution in [0, 0.1) is 5.92 Å². The number of esters is 1. The van der Waals surface area contributed by atoms with Crippen LogP contribution in [0.3, 0.4) is 0 Å². The number of methoxy groups -OCH3 is 1. The molecule has 2 aliphatic rings. The van der Waals surface area contributed by atoms with E-state index in [-0.39, 0.29) is 24.2 Å². The quantitative estimate of drug-likeness (QED) is 0.262. The van der Waals surface area contributed by atoms with Gasteiger partial charge >= 0.3 is 5.97 Å². The highest BCUT2D eigenvalue weighted by molar-refractivity contribution is 6.30. The number of hydrogen-bond acceptors (Lipinski definition) is 6. The summed E-state index contributed by atoms with van der Waals surface area (Å²) in [6.07, 6.45) is 0.974. The van der Waals surface area contributed by atoms with E-state index in [1.807, 2.05) is 93.6 Å². The molecule has 0 fully saturated rings. The molecule has 3 aromatic carbocycles. The zero-order valence-corrected chi connectivity index (χ0v) is 25.2. The third kappa shape index (κ3) is 6.39. The summed E-state index contributed by atoms with van der Waals surface area (Å²) < 4.78 is 17.5. The van der Waals surface area contributed by atoms with Crippen molar-refractivity contribution in [2.75, 3.05) is 13.7 Å². The predicted molar refractivity (Wildman–Crippen MR) is 164 cm³/mol. The van der Waals surface area contributed by atoms with Crippen molar-refractivity contribution in [1.82, 2.24) is 5.32 Å². The lowest BCUT2D eigenvalue weighted by Crippen LogP contribution is -2.36. The van der Waals surface area contributed by atoms with Crippen LogP contribution in [0.25, 0.3) is 0 Å². The number of hydrogen-bond donors (Lipinski definition) is 1. The van der Waals surface area contributed by atoms with Crippen LogP contribution in [0.4, 0.5) is 0 Å². The molecule has 0 aromatic heterocycles. The number of allylic oxidation sites excluding steroid dienone is 3. The fourth-order valence-corrected chi connectivity index (χ4v) is 5.78. The fraction of sp³-hybridized carbons (Fsp3) is 0.314. The monoisotopic (exact) mass is 585 g/mol. The first-order chi connectivity index (χ1) is 20.2. The van der Waals surface area contributed by atoms with E-state index in [0.29, 0.717) is 52.8 Å². The van der Waals surface area contributed by atoms with E-state index in [2.05, 4.69) is 5.32 Å². The lowest BCUT2D eigenvalue weighted by molar-refractivity contribution is -0.140. The Hall–Kier alpha value is -4.03. The smallest absolute Gasteiger partial charge is 0.336 e. The third-order valence-corrected chi connectivity index (χ3v) is 7.95. The van der Waals surface area contributed by atoms with Crippen molar-refractivity contribution in [3.05, 3.63) is 117 Å². The van der Waals surface area contributed by atoms with E-state index in [1.165, 1.54) is 0 Å². The van der Waals surface area contributed by atoms with Gasteiger partial charge in [-0.25, -0.2) is 4.79 Å². The summed E-state index contributed by atoms with van der Waals surface area (Å²) in [5.74, 6) is 0.260. The maximum atomic E-state index is 13.9. The van der Waals surface area contributed by atoms with Crippen molar-refractivity contribution in [3.63, 3.8) is 0 Å². The average Bonchev–Trinajstić information content (AvgIpc) is 2.98. The molecule has 1 aliphatic carbocycles. The van der Waals surface area contributed by atoms with Crippen molar-refractivity contribution in [2.24, 2.45) is 5.92 Å². The fourth-order valence-electron chi connectivity index (χ4n) is 5.65. The Morgan fingerprint density at radius 2 is 1.69 bits per heavy atom. The Balaban J connectivity index is 1.52. The Bertz CT molecular complexity index is 1520. The summed E-state index contributed by atoms with van der Waals surface area (Å²) in [7, 11) is 1.59. The van der Waals surface area contributed by atoms with Gasteiger partial charge in [0, 0.05) is 34.3 Å². The number of halogens is 1. The maximum absolute atomic E-state index is 13.9. The standard InChI is InChI=1S/C35H36ClNO5/c1-21(2)19-42-35(39)32-22(3)37-28-16-26(24-10-13-27(36)14-11-24)17-29(38)34(28)33(32)25-12-15-30(31(18-25)40-4)41-20-23-8-6-5-7-9-23/h5-15,18,21,26,33,37H,16-17,19-20H2,1-4H3. The Labute approximate surface area is 252 Å². The van der Waals surface area contributed by atoms with Gasteiger partial charge in [0.2, 0.25) is 0 Å². The highest BCUT2D eigenvalue weighted by Gasteiger charge is 2.41. The molecule has 0 saturated heterocycles. The summed E-state index contributed by atoms with van der Waals surface area (Å²) >= 11 is 6.12. The van der Waals surface area contributed by atoms with E-state index in [1.54, 1.807) is 7.11 Å². The van der Waals surface area contributed by atoms with E-state index in [9.17, 15) is 9.59 Å². The predicted octanol–water partition coefficient (Wildman–Crippen LogP) is 7.49. The Morgan fingerprint density at radius 1 is 0.976 bits per heavy atom. The Kier molecular flexibility index (Phi) is 9.03. The molecule has 0 amide bonds. The SMILES string of the molecule is COc1cc(C2C(C(=O)OCC(C)C)=C(C)NC3=C2C(=O)CC(c2ccc(Cl)cc2)C3)ccc1OCc1ccccc1. The molecule has 0 bridgehead atoms. The summed E-state index contributed by atoms with van der Waals surface area (Å²) in [4.78, 5) is 27.5. The first-order valence-corrected chi connectivity index (χ1v) is 14.6. The van der Waals surface area contributed by atoms with E-state index >= 15 is 0 Å². The van der Waals surface area contributed by atoms with Crippen molar-refractivity contribution in [3.8, 4) is 11.5 Å². The molecule has 42 heavy (non-hydrogen) atoms. The number of ether oxygens (including phenoxy) is 3. The molecule has 1 heterocycles. The van der Waals surface area contributed by atoms with Gasteiger partial charge in [-0.05, 0) is 66.1 Å². The molecule has 2 unspecified atom stereocenters. The molecular weight excluding hydrogens is 550 g/mol. The Morgan fingerprint density at radius 3 is 2.38 bits per heavy atom. The lowest BCUT2D eigenvalue weighted by Gasteiger charge is -2.37. The van der Waals surface area contributed by atoms with Gasteiger partial charge in [-0.15, -0.1) is 0 Å². The minimum Gasteiger partial charge on any atom is -0.493 e. The zero-order chi connectivity index (χ0) is 29.8. The number of benzene rings is 3. The molecule has 7 heteroatoms. The maximum Gasteiger partial charge on any atom is 0.336 e. The van der Waals surface area contributed by atoms with Crippen LogP contribution in [0.2, 0.25) is 5.02 Å². The number of ketones is 1. The van der Waals surface area contributed by atoms with Crippen molar-refractivity contribution in [1.29, 1.82) is 0 Å². The summed E-state index contributed by atoms with van der Waals surface area (Å²) in [6.45, 7) is 6.53. The molecule has 3 aromatic rings. The molecule has 1 aliphatic heterocycles. The van der Waals surface area contributed by atoms with Crippen molar-refractivity contribution < 1.29 is 23.8 Å². The van der Waals surface area contributed by atoms with Gasteiger partial charge in [-0.1, -0.05) is 74.0 Å². The number of Topliss-reactive ketones (excluding diaryl/α,β-unsaturated/α-hetero) is 1. The van der Waals surface area contributed by atoms with Gasteiger partial charge in [0.05, 0.1) is 19.3 Å². The molecule has 0 spiro atoms. The van der Waals surface area contributed by atoms with Crippen LogP contribution < -0.4 is 14.8 Å². The minimum atomic E-state index is -0.600. The van der Waals surface area contributed by atoms with Crippen LogP contribution in [-0.4, -0.2) is 25.5 Å². The summed E-state index contributed by atoms with van der Waals surface area (Å²) in [6, 6.07) is 23.2. The molecule has 1 N–H and O–H groups in total. The van der Waals surface area contributed by atoms with Gasteiger partial charge in [0.1, 0.15) is 6.61 Å². The van der Waals surface area contributed by atoms with Crippen LogP contribution in [0.1, 0.15) is 62.1 Å². The number of rotatable bonds is 9. The number of nitrogens with one attached hydrogen (secondary N) is 1. The third-order valence-electron chi connectivity index (χ3n) is 7.69. The minimum absolute atomic E-state index is 0.00118. The first-order valence-electron chi connectivity index (χ1n) is 14.3. The van der Waals surface area contributed by atoms with E-state index in [0.717, 1.165) is 22.4 Å². The van der Waals surface area contributed by atoms with Crippen molar-refractivity contribution >= 4 is 23.4 Å². The molecule has 0 radical (unpaired) electrons. The second-order valence-electron chi connectivity index (χ2n) is 11.2. The van der Waals surface area contributed by atoms with Gasteiger partial charge in [-0.3, -0.25) is 4.79 Å². The van der Waals surface area contributed by atoms with Gasteiger partial charge in [-0.2, -0.15) is 0 Å².